The van der Waals surface area contributed by atoms with Crippen LogP contribution in [0.25, 0.3) is 0 Å². The third-order valence-electron chi connectivity index (χ3n) is 5.20. The Bertz CT molecular complexity index is 964. The normalized spacial score (nSPS) is 13.6. The third-order valence-corrected chi connectivity index (χ3v) is 6.18. The maximum atomic E-state index is 14.5. The third kappa shape index (κ3) is 5.27. The molecule has 0 aromatic heterocycles. The van der Waals surface area contributed by atoms with Gasteiger partial charge >= 0.3 is 0 Å². The van der Waals surface area contributed by atoms with Crippen LogP contribution in [0.4, 0.5) is 10.1 Å². The van der Waals surface area contributed by atoms with Crippen LogP contribution in [-0.4, -0.2) is 67.8 Å². The lowest BCUT2D eigenvalue weighted by molar-refractivity contribution is 0.0532. The summed E-state index contributed by atoms with van der Waals surface area (Å²) in [5, 5.41) is 0. The Morgan fingerprint density at radius 2 is 1.66 bits per heavy atom. The van der Waals surface area contributed by atoms with Gasteiger partial charge in [0, 0.05) is 37.5 Å². The molecule has 0 radical (unpaired) electrons. The molecule has 1 saturated heterocycles. The zero-order valence-electron chi connectivity index (χ0n) is 18.5. The highest BCUT2D eigenvalue weighted by Gasteiger charge is 2.28. The molecule has 9 heteroatoms. The number of carbonyl (C=O) groups is 2. The molecule has 0 atom stereocenters. The van der Waals surface area contributed by atoms with Crippen molar-refractivity contribution in [3.05, 3.63) is 53.3 Å². The molecule has 1 heterocycles. The molecule has 0 saturated carbocycles. The average Bonchev–Trinajstić information content (AvgIpc) is 2.83. The second-order valence-corrected chi connectivity index (χ2v) is 8.17. The number of nitrogens with one attached hydrogen (secondary N) is 1. The van der Waals surface area contributed by atoms with Crippen molar-refractivity contribution in [2.75, 3.05) is 50.9 Å². The van der Waals surface area contributed by atoms with Crippen LogP contribution in [0.2, 0.25) is 0 Å². The Labute approximate surface area is 192 Å². The number of hydrogen-bond acceptors (Lipinski definition) is 6. The second kappa shape index (κ2) is 11.1. The highest BCUT2D eigenvalue weighted by molar-refractivity contribution is 8.00. The molecule has 2 amide bonds. The molecule has 2 aromatic rings. The van der Waals surface area contributed by atoms with Crippen LogP contribution in [0.5, 0.6) is 11.5 Å². The van der Waals surface area contributed by atoms with E-state index in [1.54, 1.807) is 47.1 Å². The van der Waals surface area contributed by atoms with Gasteiger partial charge in [0.2, 0.25) is 0 Å². The van der Waals surface area contributed by atoms with Gasteiger partial charge < -0.3 is 24.0 Å². The molecule has 2 aromatic carbocycles. The fraction of sp³-hybridized carbons (Fsp3) is 0.391. The Balaban J connectivity index is 1.63. The molecule has 3 rings (SSSR count). The Morgan fingerprint density at radius 3 is 2.28 bits per heavy atom. The lowest BCUT2D eigenvalue weighted by Gasteiger charge is -2.35. The summed E-state index contributed by atoms with van der Waals surface area (Å²) in [4.78, 5) is 29.0. The maximum absolute atomic E-state index is 14.5. The fourth-order valence-corrected chi connectivity index (χ4v) is 4.07. The van der Waals surface area contributed by atoms with Crippen LogP contribution in [0.15, 0.2) is 36.4 Å². The summed E-state index contributed by atoms with van der Waals surface area (Å²) in [6, 6.07) is 9.82. The fourth-order valence-electron chi connectivity index (χ4n) is 3.44. The number of nitrogens with zero attached hydrogens (tertiary/aromatic N) is 2. The van der Waals surface area contributed by atoms with Crippen molar-refractivity contribution in [3.63, 3.8) is 0 Å². The van der Waals surface area contributed by atoms with Crippen LogP contribution >= 0.6 is 11.9 Å². The van der Waals surface area contributed by atoms with Gasteiger partial charge in [-0.3, -0.25) is 9.59 Å². The van der Waals surface area contributed by atoms with E-state index >= 15 is 0 Å². The van der Waals surface area contributed by atoms with E-state index < -0.39 is 11.7 Å². The van der Waals surface area contributed by atoms with Gasteiger partial charge in [-0.1, -0.05) is 24.9 Å². The molecule has 0 spiro atoms. The van der Waals surface area contributed by atoms with E-state index in [-0.39, 0.29) is 17.2 Å². The van der Waals surface area contributed by atoms with Crippen molar-refractivity contribution >= 4 is 29.4 Å². The summed E-state index contributed by atoms with van der Waals surface area (Å²) in [5.41, 5.74) is 1.31. The predicted molar refractivity (Wildman–Crippen MR) is 124 cm³/mol. The summed E-state index contributed by atoms with van der Waals surface area (Å²) in [7, 11) is 2.93. The minimum Gasteiger partial charge on any atom is -0.495 e. The molecule has 1 aliphatic rings. The lowest BCUT2D eigenvalue weighted by Crippen LogP contribution is -2.50. The van der Waals surface area contributed by atoms with E-state index in [2.05, 4.69) is 11.6 Å². The minimum atomic E-state index is -0.670. The number of carbonyl (C=O) groups excluding carboxylic acids is 2. The molecule has 172 valence electrons. The van der Waals surface area contributed by atoms with Crippen molar-refractivity contribution in [2.24, 2.45) is 0 Å². The SMILES string of the molecule is CCCSNc1ccc(C(=O)N2CCN(C(=O)c3cccc(OC)c3F)CC2)cc1OC. The van der Waals surface area contributed by atoms with Gasteiger partial charge in [-0.25, -0.2) is 4.39 Å². The van der Waals surface area contributed by atoms with E-state index in [0.29, 0.717) is 37.5 Å². The summed E-state index contributed by atoms with van der Waals surface area (Å²) in [6.07, 6.45) is 1.05. The van der Waals surface area contributed by atoms with E-state index in [0.717, 1.165) is 17.9 Å². The summed E-state index contributed by atoms with van der Waals surface area (Å²) in [6.45, 7) is 3.49. The smallest absolute Gasteiger partial charge is 0.257 e. The molecule has 1 fully saturated rings. The molecular formula is C23H28FN3O4S. The van der Waals surface area contributed by atoms with Gasteiger partial charge in [0.15, 0.2) is 11.6 Å². The Morgan fingerprint density at radius 1 is 1.00 bits per heavy atom. The van der Waals surface area contributed by atoms with Gasteiger partial charge in [0.1, 0.15) is 5.75 Å². The van der Waals surface area contributed by atoms with Crippen molar-refractivity contribution in [1.82, 2.24) is 9.80 Å². The topological polar surface area (TPSA) is 71.1 Å². The number of ether oxygens (including phenoxy) is 2. The van der Waals surface area contributed by atoms with Gasteiger partial charge in [-0.2, -0.15) is 0 Å². The summed E-state index contributed by atoms with van der Waals surface area (Å²) < 4.78 is 28.1. The van der Waals surface area contributed by atoms with Gasteiger partial charge in [-0.05, 0) is 36.8 Å². The Kier molecular flexibility index (Phi) is 8.21. The summed E-state index contributed by atoms with van der Waals surface area (Å²) >= 11 is 1.59. The van der Waals surface area contributed by atoms with Crippen LogP contribution in [0.1, 0.15) is 34.1 Å². The van der Waals surface area contributed by atoms with Crippen LogP contribution in [0, 0.1) is 5.82 Å². The number of piperazine rings is 1. The van der Waals surface area contributed by atoms with Crippen molar-refractivity contribution < 1.29 is 23.5 Å². The molecule has 1 N–H and O–H groups in total. The van der Waals surface area contributed by atoms with Crippen LogP contribution < -0.4 is 14.2 Å². The molecule has 0 aliphatic carbocycles. The van der Waals surface area contributed by atoms with Gasteiger partial charge in [0.05, 0.1) is 25.5 Å². The number of hydrogen-bond donors (Lipinski definition) is 1. The van der Waals surface area contributed by atoms with E-state index in [1.807, 2.05) is 6.07 Å². The van der Waals surface area contributed by atoms with Gasteiger partial charge in [0.25, 0.3) is 11.8 Å². The van der Waals surface area contributed by atoms with Crippen LogP contribution in [0.3, 0.4) is 0 Å². The summed E-state index contributed by atoms with van der Waals surface area (Å²) in [5.74, 6) is 0.390. The highest BCUT2D eigenvalue weighted by Crippen LogP contribution is 2.29. The quantitative estimate of drug-likeness (QED) is 0.475. The van der Waals surface area contributed by atoms with E-state index in [1.165, 1.54) is 19.2 Å². The first-order chi connectivity index (χ1) is 15.5. The zero-order chi connectivity index (χ0) is 23.1. The average molecular weight is 462 g/mol. The maximum Gasteiger partial charge on any atom is 0.257 e. The molecule has 0 bridgehead atoms. The second-order valence-electron chi connectivity index (χ2n) is 7.27. The first-order valence-corrected chi connectivity index (χ1v) is 11.5. The largest absolute Gasteiger partial charge is 0.495 e. The van der Waals surface area contributed by atoms with Crippen molar-refractivity contribution in [2.45, 2.75) is 13.3 Å². The molecular weight excluding hydrogens is 433 g/mol. The number of methoxy groups -OCH3 is 2. The standard InChI is InChI=1S/C23H28FN3O4S/c1-4-14-32-25-18-9-8-16(15-20(18)31-3)22(28)26-10-12-27(13-11-26)23(29)17-6-5-7-19(30-2)21(17)24/h5-9,15,25H,4,10-14H2,1-3H3. The monoisotopic (exact) mass is 461 g/mol. The van der Waals surface area contributed by atoms with E-state index in [4.69, 9.17) is 9.47 Å². The molecule has 1 aliphatic heterocycles. The van der Waals surface area contributed by atoms with E-state index in [9.17, 15) is 14.0 Å². The molecule has 32 heavy (non-hydrogen) atoms. The zero-order valence-corrected chi connectivity index (χ0v) is 19.3. The van der Waals surface area contributed by atoms with Gasteiger partial charge in [-0.15, -0.1) is 0 Å². The first-order valence-electron chi connectivity index (χ1n) is 10.5. The minimum absolute atomic E-state index is 0.0297. The number of benzene rings is 2. The Hall–Kier alpha value is -2.94. The number of anilines is 1. The lowest BCUT2D eigenvalue weighted by atomic mass is 10.1. The predicted octanol–water partition coefficient (Wildman–Crippen LogP) is 3.91. The molecule has 7 nitrogen and oxygen atoms in total. The number of amides is 2. The molecule has 0 unspecified atom stereocenters. The van der Waals surface area contributed by atoms with Crippen molar-refractivity contribution in [1.29, 1.82) is 0 Å². The van der Waals surface area contributed by atoms with Crippen LogP contribution in [-0.2, 0) is 0 Å². The number of halogens is 1. The highest BCUT2D eigenvalue weighted by atomic mass is 32.2. The van der Waals surface area contributed by atoms with Crippen molar-refractivity contribution in [3.8, 4) is 11.5 Å². The first kappa shape index (κ1) is 23.7. The number of rotatable bonds is 8.